The average Bonchev–Trinajstić information content (AvgIpc) is 2.65. The molecule has 1 N–H and O–H groups in total. The van der Waals surface area contributed by atoms with Gasteiger partial charge in [-0.2, -0.15) is 0 Å². The number of amides is 2. The number of carbonyl (C=O) groups excluding carboxylic acids is 2. The number of phenols is 1. The zero-order valence-electron chi connectivity index (χ0n) is 13.6. The predicted octanol–water partition coefficient (Wildman–Crippen LogP) is 3.03. The Kier molecular flexibility index (Phi) is 5.22. The number of phenolic OH excluding ortho intramolecular Hbond substituents is 1. The van der Waals surface area contributed by atoms with Gasteiger partial charge in [-0.05, 0) is 36.4 Å². The molecule has 3 rings (SSSR count). The van der Waals surface area contributed by atoms with Gasteiger partial charge in [0.1, 0.15) is 5.75 Å². The van der Waals surface area contributed by atoms with E-state index in [0.717, 1.165) is 12.1 Å². The monoisotopic (exact) mass is 424 g/mol. The van der Waals surface area contributed by atoms with Gasteiger partial charge >= 0.3 is 0 Å². The van der Waals surface area contributed by atoms with E-state index in [1.54, 1.807) is 6.07 Å². The van der Waals surface area contributed by atoms with Gasteiger partial charge in [0.05, 0.1) is 5.56 Å². The van der Waals surface area contributed by atoms with Crippen LogP contribution in [0.2, 0.25) is 0 Å². The van der Waals surface area contributed by atoms with Gasteiger partial charge in [0.15, 0.2) is 11.6 Å². The smallest absolute Gasteiger partial charge is 0.257 e. The fraction of sp³-hybridized carbons (Fsp3) is 0.222. The number of benzene rings is 2. The Labute approximate surface area is 157 Å². The lowest BCUT2D eigenvalue weighted by Gasteiger charge is -2.35. The molecule has 1 aliphatic heterocycles. The first-order chi connectivity index (χ1) is 12.4. The van der Waals surface area contributed by atoms with Crippen molar-refractivity contribution < 1.29 is 23.5 Å². The number of halogens is 3. The van der Waals surface area contributed by atoms with Crippen LogP contribution >= 0.6 is 15.9 Å². The number of carbonyl (C=O) groups is 2. The Morgan fingerprint density at radius 3 is 2.12 bits per heavy atom. The Morgan fingerprint density at radius 1 is 0.885 bits per heavy atom. The maximum atomic E-state index is 13.3. The van der Waals surface area contributed by atoms with E-state index in [9.17, 15) is 23.5 Å². The molecule has 1 saturated heterocycles. The molecule has 0 aromatic heterocycles. The standard InChI is InChI=1S/C18H15BrF2N2O3/c19-12-2-4-16(24)13(10-12)18(26)23-7-5-22(6-8-23)17(25)11-1-3-14(20)15(21)9-11/h1-4,9-10,24H,5-8H2. The molecule has 2 amide bonds. The van der Waals surface area contributed by atoms with Crippen molar-refractivity contribution in [3.8, 4) is 5.75 Å². The van der Waals surface area contributed by atoms with Gasteiger partial charge < -0.3 is 14.9 Å². The molecule has 0 bridgehead atoms. The summed E-state index contributed by atoms with van der Waals surface area (Å²) in [4.78, 5) is 28.0. The molecular formula is C18H15BrF2N2O3. The third-order valence-electron chi connectivity index (χ3n) is 4.21. The molecule has 0 atom stereocenters. The largest absolute Gasteiger partial charge is 0.507 e. The number of piperazine rings is 1. The van der Waals surface area contributed by atoms with Crippen molar-refractivity contribution in [3.05, 3.63) is 63.6 Å². The Hall–Kier alpha value is -2.48. The van der Waals surface area contributed by atoms with Crippen LogP contribution in [0, 0.1) is 11.6 Å². The molecule has 0 spiro atoms. The first-order valence-electron chi connectivity index (χ1n) is 7.89. The van der Waals surface area contributed by atoms with Crippen LogP contribution in [0.15, 0.2) is 40.9 Å². The fourth-order valence-corrected chi connectivity index (χ4v) is 3.14. The van der Waals surface area contributed by atoms with Crippen molar-refractivity contribution >= 4 is 27.7 Å². The van der Waals surface area contributed by atoms with E-state index < -0.39 is 17.5 Å². The molecule has 2 aromatic rings. The third-order valence-corrected chi connectivity index (χ3v) is 4.70. The Balaban J connectivity index is 1.67. The fourth-order valence-electron chi connectivity index (χ4n) is 2.77. The number of hydrogen-bond donors (Lipinski definition) is 1. The van der Waals surface area contributed by atoms with Crippen molar-refractivity contribution in [1.82, 2.24) is 9.80 Å². The van der Waals surface area contributed by atoms with Crippen molar-refractivity contribution in [2.75, 3.05) is 26.2 Å². The average molecular weight is 425 g/mol. The van der Waals surface area contributed by atoms with E-state index in [1.165, 1.54) is 28.0 Å². The van der Waals surface area contributed by atoms with Gasteiger partial charge in [0, 0.05) is 36.2 Å². The van der Waals surface area contributed by atoms with E-state index in [0.29, 0.717) is 4.47 Å². The van der Waals surface area contributed by atoms with Crippen LogP contribution in [0.25, 0.3) is 0 Å². The summed E-state index contributed by atoms with van der Waals surface area (Å²) >= 11 is 3.26. The van der Waals surface area contributed by atoms with E-state index in [-0.39, 0.29) is 49.0 Å². The Bertz CT molecular complexity index is 868. The maximum absolute atomic E-state index is 13.3. The van der Waals surface area contributed by atoms with Crippen LogP contribution in [0.3, 0.4) is 0 Å². The van der Waals surface area contributed by atoms with Crippen LogP contribution in [-0.4, -0.2) is 52.9 Å². The quantitative estimate of drug-likeness (QED) is 0.805. The zero-order valence-corrected chi connectivity index (χ0v) is 15.2. The van der Waals surface area contributed by atoms with Gasteiger partial charge in [-0.1, -0.05) is 15.9 Å². The van der Waals surface area contributed by atoms with Crippen molar-refractivity contribution in [2.45, 2.75) is 0 Å². The minimum absolute atomic E-state index is 0.0633. The second-order valence-corrected chi connectivity index (χ2v) is 6.79. The van der Waals surface area contributed by atoms with Crippen molar-refractivity contribution in [1.29, 1.82) is 0 Å². The van der Waals surface area contributed by atoms with Crippen molar-refractivity contribution in [3.63, 3.8) is 0 Å². The lowest BCUT2D eigenvalue weighted by atomic mass is 10.1. The molecule has 0 radical (unpaired) electrons. The topological polar surface area (TPSA) is 60.9 Å². The first kappa shape index (κ1) is 18.3. The number of hydrogen-bond acceptors (Lipinski definition) is 3. The highest BCUT2D eigenvalue weighted by atomic mass is 79.9. The highest BCUT2D eigenvalue weighted by molar-refractivity contribution is 9.10. The highest BCUT2D eigenvalue weighted by Crippen LogP contribution is 2.24. The summed E-state index contributed by atoms with van der Waals surface area (Å²) in [6.45, 7) is 1.08. The van der Waals surface area contributed by atoms with Crippen LogP contribution in [0.5, 0.6) is 5.75 Å². The van der Waals surface area contributed by atoms with E-state index in [2.05, 4.69) is 15.9 Å². The van der Waals surface area contributed by atoms with E-state index >= 15 is 0 Å². The van der Waals surface area contributed by atoms with Crippen molar-refractivity contribution in [2.24, 2.45) is 0 Å². The summed E-state index contributed by atoms with van der Waals surface area (Å²) in [6.07, 6.45) is 0. The molecule has 0 aliphatic carbocycles. The summed E-state index contributed by atoms with van der Waals surface area (Å²) in [5.74, 6) is -2.94. The Morgan fingerprint density at radius 2 is 1.50 bits per heavy atom. The molecule has 2 aromatic carbocycles. The van der Waals surface area contributed by atoms with Gasteiger partial charge in [0.2, 0.25) is 0 Å². The zero-order chi connectivity index (χ0) is 18.8. The van der Waals surface area contributed by atoms with Crippen LogP contribution in [0.1, 0.15) is 20.7 Å². The normalized spacial score (nSPS) is 14.4. The molecule has 1 aliphatic rings. The predicted molar refractivity (Wildman–Crippen MR) is 94.0 cm³/mol. The maximum Gasteiger partial charge on any atom is 0.257 e. The highest BCUT2D eigenvalue weighted by Gasteiger charge is 2.27. The summed E-state index contributed by atoms with van der Waals surface area (Å²) in [6, 6.07) is 7.62. The minimum atomic E-state index is -1.07. The summed E-state index contributed by atoms with van der Waals surface area (Å²) in [5, 5.41) is 9.87. The van der Waals surface area contributed by atoms with Gasteiger partial charge in [-0.3, -0.25) is 9.59 Å². The molecule has 5 nitrogen and oxygen atoms in total. The van der Waals surface area contributed by atoms with Crippen LogP contribution < -0.4 is 0 Å². The number of rotatable bonds is 2. The van der Waals surface area contributed by atoms with Crippen LogP contribution in [-0.2, 0) is 0 Å². The second-order valence-electron chi connectivity index (χ2n) is 5.87. The molecule has 26 heavy (non-hydrogen) atoms. The molecule has 1 fully saturated rings. The molecular weight excluding hydrogens is 410 g/mol. The van der Waals surface area contributed by atoms with E-state index in [4.69, 9.17) is 0 Å². The van der Waals surface area contributed by atoms with Gasteiger partial charge in [0.25, 0.3) is 11.8 Å². The van der Waals surface area contributed by atoms with Gasteiger partial charge in [-0.25, -0.2) is 8.78 Å². The van der Waals surface area contributed by atoms with Gasteiger partial charge in [-0.15, -0.1) is 0 Å². The summed E-state index contributed by atoms with van der Waals surface area (Å²) in [5.41, 5.74) is 0.244. The van der Waals surface area contributed by atoms with E-state index in [1.807, 2.05) is 0 Å². The number of nitrogens with zero attached hydrogens (tertiary/aromatic N) is 2. The van der Waals surface area contributed by atoms with Crippen LogP contribution in [0.4, 0.5) is 8.78 Å². The lowest BCUT2D eigenvalue weighted by Crippen LogP contribution is -2.50. The second kappa shape index (κ2) is 7.41. The summed E-state index contributed by atoms with van der Waals surface area (Å²) in [7, 11) is 0. The number of aromatic hydroxyl groups is 1. The molecule has 1 heterocycles. The SMILES string of the molecule is O=C(c1ccc(F)c(F)c1)N1CCN(C(=O)c2cc(Br)ccc2O)CC1. The molecule has 136 valence electrons. The third kappa shape index (κ3) is 3.70. The molecule has 0 saturated carbocycles. The summed E-state index contributed by atoms with van der Waals surface area (Å²) < 4.78 is 27.0. The first-order valence-corrected chi connectivity index (χ1v) is 8.68. The molecule has 0 unspecified atom stereocenters. The minimum Gasteiger partial charge on any atom is -0.507 e. The molecule has 8 heteroatoms. The lowest BCUT2D eigenvalue weighted by molar-refractivity contribution is 0.0533.